The first-order chi connectivity index (χ1) is 8.82. The van der Waals surface area contributed by atoms with E-state index in [0.717, 1.165) is 0 Å². The third kappa shape index (κ3) is 3.56. The van der Waals surface area contributed by atoms with Crippen molar-refractivity contribution >= 4 is 17.4 Å². The molecule has 0 spiro atoms. The maximum absolute atomic E-state index is 13.1. The number of nitrogens with two attached hydrogens (primary N) is 1. The average molecular weight is 329 g/mol. The zero-order valence-corrected chi connectivity index (χ0v) is 11.2. The van der Waals surface area contributed by atoms with Gasteiger partial charge < -0.3 is 5.73 Å². The first-order valence-electron chi connectivity index (χ1n) is 5.37. The number of aliphatic imine (C=N–C) groups is 1. The fourth-order valence-electron chi connectivity index (χ4n) is 1.14. The Kier molecular flexibility index (Phi) is 5.89. The van der Waals surface area contributed by atoms with Gasteiger partial charge in [0, 0.05) is 0 Å². The highest BCUT2D eigenvalue weighted by molar-refractivity contribution is 6.30. The van der Waals surface area contributed by atoms with Crippen molar-refractivity contribution in [2.24, 2.45) is 10.7 Å². The van der Waals surface area contributed by atoms with Crippen molar-refractivity contribution in [3.63, 3.8) is 0 Å². The standard InChI is InChI=1S/C10H12ClF7N2/c1-3-5(4-2)6(11)20-7(19)8(12,13)9(14,15)10(16,17)18/h3-4H2,1-2H3,(H2,19,20). The number of rotatable bonds is 5. The summed E-state index contributed by atoms with van der Waals surface area (Å²) < 4.78 is 87.4. The highest BCUT2D eigenvalue weighted by atomic mass is 35.5. The van der Waals surface area contributed by atoms with Crippen molar-refractivity contribution in [1.82, 2.24) is 0 Å². The van der Waals surface area contributed by atoms with Gasteiger partial charge in [0.05, 0.1) is 0 Å². The van der Waals surface area contributed by atoms with Gasteiger partial charge in [-0.05, 0) is 18.4 Å². The van der Waals surface area contributed by atoms with E-state index in [-0.39, 0.29) is 12.8 Å². The van der Waals surface area contributed by atoms with Gasteiger partial charge in [-0.3, -0.25) is 0 Å². The average Bonchev–Trinajstić information content (AvgIpc) is 2.28. The molecule has 0 saturated heterocycles. The summed E-state index contributed by atoms with van der Waals surface area (Å²) in [5.74, 6) is -14.2. The molecule has 0 aromatic heterocycles. The number of amidine groups is 1. The fraction of sp³-hybridized carbons (Fsp3) is 0.700. The second-order valence-electron chi connectivity index (χ2n) is 3.75. The van der Waals surface area contributed by atoms with E-state index in [9.17, 15) is 30.7 Å². The summed E-state index contributed by atoms with van der Waals surface area (Å²) in [5, 5.41) is -0.620. The van der Waals surface area contributed by atoms with Crippen molar-refractivity contribution in [3.8, 4) is 0 Å². The summed E-state index contributed by atoms with van der Waals surface area (Å²) in [7, 11) is 0. The van der Waals surface area contributed by atoms with Crippen LogP contribution in [-0.4, -0.2) is 23.9 Å². The van der Waals surface area contributed by atoms with Gasteiger partial charge in [-0.15, -0.1) is 0 Å². The highest BCUT2D eigenvalue weighted by Crippen LogP contribution is 2.46. The molecule has 10 heteroatoms. The van der Waals surface area contributed by atoms with E-state index in [4.69, 9.17) is 11.6 Å². The van der Waals surface area contributed by atoms with Gasteiger partial charge in [0.1, 0.15) is 5.16 Å². The Labute approximate surface area is 115 Å². The van der Waals surface area contributed by atoms with Gasteiger partial charge >= 0.3 is 18.0 Å². The van der Waals surface area contributed by atoms with Crippen molar-refractivity contribution in [1.29, 1.82) is 0 Å². The molecule has 0 aliphatic rings. The fourth-order valence-corrected chi connectivity index (χ4v) is 1.49. The molecule has 2 N–H and O–H groups in total. The third-order valence-electron chi connectivity index (χ3n) is 2.44. The zero-order valence-electron chi connectivity index (χ0n) is 10.5. The van der Waals surface area contributed by atoms with Crippen LogP contribution in [0.1, 0.15) is 26.7 Å². The molecule has 0 atom stereocenters. The van der Waals surface area contributed by atoms with Crippen LogP contribution in [0.25, 0.3) is 0 Å². The van der Waals surface area contributed by atoms with Crippen LogP contribution >= 0.6 is 11.6 Å². The van der Waals surface area contributed by atoms with E-state index in [0.29, 0.717) is 5.57 Å². The SMILES string of the molecule is CCC(CC)=C(Cl)/N=C(/N)C(F)(F)C(F)(F)C(F)(F)F. The summed E-state index contributed by atoms with van der Waals surface area (Å²) in [5.41, 5.74) is 4.88. The van der Waals surface area contributed by atoms with E-state index in [1.165, 1.54) is 0 Å². The molecule has 0 fully saturated rings. The van der Waals surface area contributed by atoms with Crippen LogP contribution in [-0.2, 0) is 0 Å². The van der Waals surface area contributed by atoms with Gasteiger partial charge in [0.25, 0.3) is 0 Å². The number of hydrogen-bond donors (Lipinski definition) is 1. The minimum Gasteiger partial charge on any atom is -0.382 e. The molecule has 0 heterocycles. The zero-order chi connectivity index (χ0) is 16.4. The molecule has 0 amide bonds. The predicted molar refractivity (Wildman–Crippen MR) is 61.0 cm³/mol. The van der Waals surface area contributed by atoms with Crippen LogP contribution in [0.15, 0.2) is 15.7 Å². The topological polar surface area (TPSA) is 38.4 Å². The van der Waals surface area contributed by atoms with E-state index in [1.54, 1.807) is 13.8 Å². The number of allylic oxidation sites excluding steroid dienone is 1. The van der Waals surface area contributed by atoms with E-state index in [1.807, 2.05) is 0 Å². The first-order valence-corrected chi connectivity index (χ1v) is 5.75. The van der Waals surface area contributed by atoms with Crippen molar-refractivity contribution in [3.05, 3.63) is 10.7 Å². The molecule has 0 radical (unpaired) electrons. The van der Waals surface area contributed by atoms with Crippen molar-refractivity contribution in [2.75, 3.05) is 0 Å². The molecule has 0 aromatic rings. The minimum atomic E-state index is -6.47. The molecule has 0 aromatic carbocycles. The Morgan fingerprint density at radius 2 is 1.40 bits per heavy atom. The van der Waals surface area contributed by atoms with Crippen LogP contribution in [0.3, 0.4) is 0 Å². The minimum absolute atomic E-state index is 0.257. The summed E-state index contributed by atoms with van der Waals surface area (Å²) in [4.78, 5) is 2.78. The quantitative estimate of drug-likeness (QED) is 0.344. The van der Waals surface area contributed by atoms with E-state index >= 15 is 0 Å². The monoisotopic (exact) mass is 328 g/mol. The van der Waals surface area contributed by atoms with Crippen LogP contribution in [0.2, 0.25) is 0 Å². The van der Waals surface area contributed by atoms with Crippen molar-refractivity contribution < 1.29 is 30.7 Å². The maximum atomic E-state index is 13.1. The first kappa shape index (κ1) is 19.0. The van der Waals surface area contributed by atoms with E-state index in [2.05, 4.69) is 10.7 Å². The lowest BCUT2D eigenvalue weighted by atomic mass is 10.1. The molecule has 0 bridgehead atoms. The molecule has 0 saturated carbocycles. The second-order valence-corrected chi connectivity index (χ2v) is 4.10. The molecule has 0 aliphatic carbocycles. The van der Waals surface area contributed by atoms with E-state index < -0.39 is 29.0 Å². The Hall–Kier alpha value is -0.990. The molecule has 2 nitrogen and oxygen atoms in total. The lowest BCUT2D eigenvalue weighted by molar-refractivity contribution is -0.336. The number of halogens is 8. The van der Waals surface area contributed by atoms with Crippen LogP contribution in [0.5, 0.6) is 0 Å². The molecule has 118 valence electrons. The van der Waals surface area contributed by atoms with Crippen LogP contribution in [0.4, 0.5) is 30.7 Å². The third-order valence-corrected chi connectivity index (χ3v) is 2.79. The van der Waals surface area contributed by atoms with Gasteiger partial charge in [-0.1, -0.05) is 25.4 Å². The highest BCUT2D eigenvalue weighted by Gasteiger charge is 2.74. The number of hydrogen-bond acceptors (Lipinski definition) is 1. The van der Waals surface area contributed by atoms with Crippen molar-refractivity contribution in [2.45, 2.75) is 44.7 Å². The summed E-state index contributed by atoms with van der Waals surface area (Å²) in [6, 6.07) is 0. The molecule has 20 heavy (non-hydrogen) atoms. The molecule has 0 unspecified atom stereocenters. The molecular formula is C10H12ClF7N2. The maximum Gasteiger partial charge on any atom is 0.460 e. The van der Waals surface area contributed by atoms with Gasteiger partial charge in [-0.25, -0.2) is 4.99 Å². The van der Waals surface area contributed by atoms with Crippen LogP contribution < -0.4 is 5.73 Å². The summed E-state index contributed by atoms with van der Waals surface area (Å²) in [6.45, 7) is 3.16. The van der Waals surface area contributed by atoms with Gasteiger partial charge in [0.15, 0.2) is 5.84 Å². The van der Waals surface area contributed by atoms with Gasteiger partial charge in [0.2, 0.25) is 0 Å². The Bertz CT molecular complexity index is 406. The number of alkyl halides is 7. The normalized spacial score (nSPS) is 14.4. The summed E-state index contributed by atoms with van der Waals surface area (Å²) in [6.07, 6.45) is -5.95. The molecule has 0 rings (SSSR count). The lowest BCUT2D eigenvalue weighted by Gasteiger charge is -2.27. The molecule has 0 aliphatic heterocycles. The molecular weight excluding hydrogens is 317 g/mol. The van der Waals surface area contributed by atoms with Gasteiger partial charge in [-0.2, -0.15) is 30.7 Å². The Balaban J connectivity index is 5.70. The second kappa shape index (κ2) is 6.19. The summed E-state index contributed by atoms with van der Waals surface area (Å²) >= 11 is 5.47. The Morgan fingerprint density at radius 1 is 1.00 bits per heavy atom. The van der Waals surface area contributed by atoms with Crippen LogP contribution in [0, 0.1) is 0 Å². The largest absolute Gasteiger partial charge is 0.460 e. The number of nitrogens with zero attached hydrogens (tertiary/aromatic N) is 1. The Morgan fingerprint density at radius 3 is 1.70 bits per heavy atom. The lowest BCUT2D eigenvalue weighted by Crippen LogP contribution is -2.58. The predicted octanol–water partition coefficient (Wildman–Crippen LogP) is 4.45. The smallest absolute Gasteiger partial charge is 0.382 e.